The molecule has 7 heteroatoms. The summed E-state index contributed by atoms with van der Waals surface area (Å²) < 4.78 is 0. The Morgan fingerprint density at radius 2 is 1.69 bits per heavy atom. The van der Waals surface area contributed by atoms with Crippen LogP contribution >= 0.6 is 0 Å². The van der Waals surface area contributed by atoms with Crippen LogP contribution in [0.5, 0.6) is 0 Å². The van der Waals surface area contributed by atoms with Crippen molar-refractivity contribution in [3.63, 3.8) is 0 Å². The van der Waals surface area contributed by atoms with Gasteiger partial charge in [-0.3, -0.25) is 14.6 Å². The van der Waals surface area contributed by atoms with Gasteiger partial charge in [0.15, 0.2) is 5.96 Å². The molecule has 2 aromatic carbocycles. The number of nitrogens with zero attached hydrogens (tertiary/aromatic N) is 2. The molecule has 2 amide bonds. The van der Waals surface area contributed by atoms with E-state index in [1.807, 2.05) is 42.5 Å². The van der Waals surface area contributed by atoms with Crippen LogP contribution in [-0.4, -0.2) is 57.4 Å². The third-order valence-electron chi connectivity index (χ3n) is 4.41. The molecule has 7 nitrogen and oxygen atoms in total. The average Bonchev–Trinajstić information content (AvgIpc) is 2.75. The van der Waals surface area contributed by atoms with Gasteiger partial charge in [0.1, 0.15) is 0 Å². The summed E-state index contributed by atoms with van der Waals surface area (Å²) >= 11 is 0. The van der Waals surface area contributed by atoms with Gasteiger partial charge in [-0.05, 0) is 41.8 Å². The fourth-order valence-corrected chi connectivity index (χ4v) is 2.77. The van der Waals surface area contributed by atoms with Crippen molar-refractivity contribution in [3.05, 3.63) is 70.8 Å². The molecular formula is C22H29N5O2. The highest BCUT2D eigenvalue weighted by atomic mass is 16.2. The Hall–Kier alpha value is -3.35. The van der Waals surface area contributed by atoms with Crippen LogP contribution < -0.4 is 16.0 Å². The quantitative estimate of drug-likeness (QED) is 0.492. The summed E-state index contributed by atoms with van der Waals surface area (Å²) in [6, 6.07) is 15.1. The van der Waals surface area contributed by atoms with Crippen LogP contribution in [0.15, 0.2) is 53.5 Å². The van der Waals surface area contributed by atoms with Gasteiger partial charge in [-0.1, -0.05) is 24.3 Å². The molecule has 154 valence electrons. The first-order valence-corrected chi connectivity index (χ1v) is 9.50. The Bertz CT molecular complexity index is 860. The van der Waals surface area contributed by atoms with E-state index in [9.17, 15) is 9.59 Å². The van der Waals surface area contributed by atoms with E-state index in [1.54, 1.807) is 39.2 Å². The minimum atomic E-state index is -0.0874. The number of hydrogen-bond acceptors (Lipinski definition) is 3. The van der Waals surface area contributed by atoms with Crippen molar-refractivity contribution in [2.45, 2.75) is 13.0 Å². The lowest BCUT2D eigenvalue weighted by atomic mass is 10.1. The summed E-state index contributed by atoms with van der Waals surface area (Å²) in [5, 5.41) is 9.17. The van der Waals surface area contributed by atoms with Crippen molar-refractivity contribution < 1.29 is 9.59 Å². The van der Waals surface area contributed by atoms with Gasteiger partial charge in [0, 0.05) is 52.4 Å². The lowest BCUT2D eigenvalue weighted by molar-refractivity contribution is 0.0827. The molecule has 0 saturated carbocycles. The lowest BCUT2D eigenvalue weighted by Crippen LogP contribution is -2.37. The van der Waals surface area contributed by atoms with Crippen molar-refractivity contribution in [3.8, 4) is 0 Å². The molecule has 29 heavy (non-hydrogen) atoms. The summed E-state index contributed by atoms with van der Waals surface area (Å²) in [6.07, 6.45) is 0.771. The van der Waals surface area contributed by atoms with E-state index in [0.717, 1.165) is 17.5 Å². The summed E-state index contributed by atoms with van der Waals surface area (Å²) in [5.41, 5.74) is 3.46. The number of amides is 2. The molecule has 3 N–H and O–H groups in total. The predicted octanol–water partition coefficient (Wildman–Crippen LogP) is 1.66. The van der Waals surface area contributed by atoms with Crippen molar-refractivity contribution in [1.29, 1.82) is 0 Å². The number of nitrogens with one attached hydrogen (secondary N) is 3. The van der Waals surface area contributed by atoms with Crippen LogP contribution in [0.2, 0.25) is 0 Å². The van der Waals surface area contributed by atoms with Crippen LogP contribution in [-0.2, 0) is 13.0 Å². The van der Waals surface area contributed by atoms with Crippen LogP contribution in [0, 0.1) is 0 Å². The maximum atomic E-state index is 11.9. The monoisotopic (exact) mass is 395 g/mol. The summed E-state index contributed by atoms with van der Waals surface area (Å²) in [6.45, 7) is 1.29. The van der Waals surface area contributed by atoms with Crippen LogP contribution in [0.1, 0.15) is 31.8 Å². The van der Waals surface area contributed by atoms with Crippen molar-refractivity contribution in [1.82, 2.24) is 20.9 Å². The Morgan fingerprint density at radius 1 is 0.966 bits per heavy atom. The van der Waals surface area contributed by atoms with Crippen molar-refractivity contribution >= 4 is 17.8 Å². The van der Waals surface area contributed by atoms with Gasteiger partial charge in [-0.2, -0.15) is 0 Å². The number of guanidine groups is 1. The average molecular weight is 396 g/mol. The maximum Gasteiger partial charge on any atom is 0.253 e. The zero-order chi connectivity index (χ0) is 21.2. The lowest BCUT2D eigenvalue weighted by Gasteiger charge is -2.13. The summed E-state index contributed by atoms with van der Waals surface area (Å²) in [5.74, 6) is 0.596. The van der Waals surface area contributed by atoms with Gasteiger partial charge in [-0.15, -0.1) is 0 Å². The van der Waals surface area contributed by atoms with Gasteiger partial charge < -0.3 is 20.9 Å². The normalized spacial score (nSPS) is 11.0. The predicted molar refractivity (Wildman–Crippen MR) is 116 cm³/mol. The minimum absolute atomic E-state index is 0.0116. The molecule has 0 unspecified atom stereocenters. The number of carbonyl (C=O) groups is 2. The van der Waals surface area contributed by atoms with Gasteiger partial charge in [0.05, 0.1) is 0 Å². The number of aliphatic imine (C=N–C) groups is 1. The largest absolute Gasteiger partial charge is 0.356 e. The first-order chi connectivity index (χ1) is 13.9. The molecule has 0 aliphatic carbocycles. The van der Waals surface area contributed by atoms with E-state index in [1.165, 1.54) is 0 Å². The molecule has 2 aromatic rings. The standard InChI is InChI=1S/C22H29N5O2/c1-23-20(28)19-7-5-6-16(14-19)12-13-25-22(24-2)26-15-17-8-10-18(11-9-17)21(29)27(3)4/h5-11,14H,12-13,15H2,1-4H3,(H,23,28)(H2,24,25,26). The highest BCUT2D eigenvalue weighted by molar-refractivity contribution is 5.94. The van der Waals surface area contributed by atoms with Crippen LogP contribution in [0.4, 0.5) is 0 Å². The SMILES string of the molecule is CN=C(NCCc1cccc(C(=O)NC)c1)NCc1ccc(C(=O)N(C)C)cc1. The smallest absolute Gasteiger partial charge is 0.253 e. The third-order valence-corrected chi connectivity index (χ3v) is 4.41. The number of hydrogen-bond donors (Lipinski definition) is 3. The molecule has 0 spiro atoms. The number of rotatable bonds is 7. The second-order valence-corrected chi connectivity index (χ2v) is 6.78. The van der Waals surface area contributed by atoms with Gasteiger partial charge >= 0.3 is 0 Å². The minimum Gasteiger partial charge on any atom is -0.356 e. The van der Waals surface area contributed by atoms with Gasteiger partial charge in [0.2, 0.25) is 0 Å². The van der Waals surface area contributed by atoms with Gasteiger partial charge in [0.25, 0.3) is 11.8 Å². The molecule has 0 aromatic heterocycles. The Balaban J connectivity index is 1.82. The topological polar surface area (TPSA) is 85.8 Å². The molecular weight excluding hydrogens is 366 g/mol. The highest BCUT2D eigenvalue weighted by Gasteiger charge is 2.07. The maximum absolute atomic E-state index is 11.9. The fourth-order valence-electron chi connectivity index (χ4n) is 2.77. The van der Waals surface area contributed by atoms with E-state index in [4.69, 9.17) is 0 Å². The van der Waals surface area contributed by atoms with E-state index in [2.05, 4.69) is 20.9 Å². The van der Waals surface area contributed by atoms with E-state index < -0.39 is 0 Å². The third kappa shape index (κ3) is 6.64. The second kappa shape index (κ2) is 10.8. The first-order valence-electron chi connectivity index (χ1n) is 9.50. The molecule has 0 saturated heterocycles. The van der Waals surface area contributed by atoms with E-state index >= 15 is 0 Å². The molecule has 0 radical (unpaired) electrons. The molecule has 2 rings (SSSR count). The molecule has 0 aliphatic rings. The summed E-state index contributed by atoms with van der Waals surface area (Å²) in [7, 11) is 6.82. The number of carbonyl (C=O) groups excluding carboxylic acids is 2. The highest BCUT2D eigenvalue weighted by Crippen LogP contribution is 2.07. The zero-order valence-corrected chi connectivity index (χ0v) is 17.5. The zero-order valence-electron chi connectivity index (χ0n) is 17.5. The van der Waals surface area contributed by atoms with Crippen LogP contribution in [0.3, 0.4) is 0 Å². The molecule has 0 heterocycles. The molecule has 0 aliphatic heterocycles. The second-order valence-electron chi connectivity index (χ2n) is 6.78. The fraction of sp³-hybridized carbons (Fsp3) is 0.318. The van der Waals surface area contributed by atoms with E-state index in [-0.39, 0.29) is 11.8 Å². The van der Waals surface area contributed by atoms with E-state index in [0.29, 0.717) is 30.2 Å². The van der Waals surface area contributed by atoms with Crippen molar-refractivity contribution in [2.24, 2.45) is 4.99 Å². The van der Waals surface area contributed by atoms with Crippen molar-refractivity contribution in [2.75, 3.05) is 34.7 Å². The Kier molecular flexibility index (Phi) is 8.21. The molecule has 0 fully saturated rings. The molecule has 0 bridgehead atoms. The molecule has 0 atom stereocenters. The number of benzene rings is 2. The summed E-state index contributed by atoms with van der Waals surface area (Å²) in [4.78, 5) is 29.5. The first kappa shape index (κ1) is 21.9. The van der Waals surface area contributed by atoms with Gasteiger partial charge in [-0.25, -0.2) is 0 Å². The Labute approximate surface area is 172 Å². The Morgan fingerprint density at radius 3 is 2.31 bits per heavy atom. The van der Waals surface area contributed by atoms with Crippen LogP contribution in [0.25, 0.3) is 0 Å².